The van der Waals surface area contributed by atoms with Crippen LogP contribution >= 0.6 is 0 Å². The van der Waals surface area contributed by atoms with Crippen molar-refractivity contribution in [2.75, 3.05) is 13.1 Å². The average Bonchev–Trinajstić information content (AvgIpc) is 3.52. The van der Waals surface area contributed by atoms with Crippen molar-refractivity contribution in [2.45, 2.75) is 62.9 Å². The third-order valence-corrected chi connectivity index (χ3v) is 9.29. The van der Waals surface area contributed by atoms with E-state index in [9.17, 15) is 14.7 Å². The molecule has 3 aliphatic rings. The van der Waals surface area contributed by atoms with Gasteiger partial charge in [0.15, 0.2) is 6.23 Å². The highest BCUT2D eigenvalue weighted by atomic mass is 16.3. The van der Waals surface area contributed by atoms with Crippen LogP contribution < -0.4 is 11.5 Å². The van der Waals surface area contributed by atoms with Crippen molar-refractivity contribution >= 4 is 11.8 Å². The predicted molar refractivity (Wildman–Crippen MR) is 165 cm³/mol. The Morgan fingerprint density at radius 3 is 1.57 bits per heavy atom. The van der Waals surface area contributed by atoms with Gasteiger partial charge in [-0.1, -0.05) is 48.5 Å². The van der Waals surface area contributed by atoms with E-state index >= 15 is 0 Å². The normalized spacial score (nSPS) is 21.5. The summed E-state index contributed by atoms with van der Waals surface area (Å²) < 4.78 is 0. The number of hydrogen-bond acceptors (Lipinski definition) is 7. The average molecular weight is 595 g/mol. The molecule has 1 saturated carbocycles. The molecule has 11 heteroatoms. The molecule has 0 spiro atoms. The standard InChI is InChI=1S/C33H38N8O3/c34-28(23-13-14-23)32(43)40-15-1-3-26(40)30-36-17-24(38-30)21-9-5-19(6-10-21)20-7-11-22(12-8-20)25-18-37-31(39-25)27-4-2-16-41(27)33(44)29(35)42/h5-12,17-18,23,26-29,42H,1-4,13-16,34-35H2,(H,36,38)(H,37,39)/t26-,27-,28-,29-/m0/s1. The summed E-state index contributed by atoms with van der Waals surface area (Å²) in [5, 5.41) is 9.56. The monoisotopic (exact) mass is 594 g/mol. The maximum atomic E-state index is 13.0. The highest BCUT2D eigenvalue weighted by molar-refractivity contribution is 5.83. The van der Waals surface area contributed by atoms with Crippen LogP contribution in [0.4, 0.5) is 0 Å². The van der Waals surface area contributed by atoms with Gasteiger partial charge in [-0.25, -0.2) is 9.97 Å². The van der Waals surface area contributed by atoms with Crippen molar-refractivity contribution in [3.8, 4) is 33.6 Å². The van der Waals surface area contributed by atoms with E-state index in [4.69, 9.17) is 11.5 Å². The molecule has 11 nitrogen and oxygen atoms in total. The molecule has 0 unspecified atom stereocenters. The molecule has 7 rings (SSSR count). The Balaban J connectivity index is 1.02. The molecule has 44 heavy (non-hydrogen) atoms. The van der Waals surface area contributed by atoms with Crippen LogP contribution in [0.25, 0.3) is 33.6 Å². The fourth-order valence-corrected chi connectivity index (χ4v) is 6.64. The largest absolute Gasteiger partial charge is 0.370 e. The van der Waals surface area contributed by atoms with Gasteiger partial charge in [-0.15, -0.1) is 0 Å². The first-order valence-electron chi connectivity index (χ1n) is 15.5. The molecular weight excluding hydrogens is 556 g/mol. The van der Waals surface area contributed by atoms with E-state index in [1.54, 1.807) is 11.1 Å². The van der Waals surface area contributed by atoms with Crippen LogP contribution in [0.3, 0.4) is 0 Å². The smallest absolute Gasteiger partial charge is 0.266 e. The van der Waals surface area contributed by atoms with E-state index in [1.807, 2.05) is 23.2 Å². The van der Waals surface area contributed by atoms with Gasteiger partial charge in [0.2, 0.25) is 5.91 Å². The Bertz CT molecular complexity index is 1640. The van der Waals surface area contributed by atoms with Gasteiger partial charge in [-0.05, 0) is 66.7 Å². The van der Waals surface area contributed by atoms with Gasteiger partial charge >= 0.3 is 0 Å². The number of rotatable bonds is 8. The van der Waals surface area contributed by atoms with E-state index in [0.717, 1.165) is 84.5 Å². The number of aliphatic hydroxyl groups is 1. The molecule has 2 aromatic carbocycles. The Hall–Kier alpha value is -4.32. The lowest BCUT2D eigenvalue weighted by Gasteiger charge is -2.26. The minimum absolute atomic E-state index is 0.0523. The molecule has 4 aromatic rings. The molecule has 4 heterocycles. The van der Waals surface area contributed by atoms with Crippen molar-refractivity contribution in [3.63, 3.8) is 0 Å². The molecular formula is C33H38N8O3. The highest BCUT2D eigenvalue weighted by Gasteiger charge is 2.40. The zero-order valence-corrected chi connectivity index (χ0v) is 24.5. The second kappa shape index (κ2) is 11.6. The van der Waals surface area contributed by atoms with Crippen LogP contribution in [0.1, 0.15) is 62.3 Å². The zero-order valence-electron chi connectivity index (χ0n) is 24.5. The molecule has 0 bridgehead atoms. The van der Waals surface area contributed by atoms with E-state index in [0.29, 0.717) is 18.3 Å². The lowest BCUT2D eigenvalue weighted by atomic mass is 10.0. The first-order valence-corrected chi connectivity index (χ1v) is 15.5. The van der Waals surface area contributed by atoms with Crippen LogP contribution in [-0.4, -0.2) is 72.0 Å². The molecule has 2 aromatic heterocycles. The van der Waals surface area contributed by atoms with Gasteiger partial charge in [0.1, 0.15) is 11.6 Å². The van der Waals surface area contributed by atoms with Gasteiger partial charge in [0, 0.05) is 13.1 Å². The van der Waals surface area contributed by atoms with Gasteiger partial charge in [-0.3, -0.25) is 15.3 Å². The number of nitrogens with one attached hydrogen (secondary N) is 2. The lowest BCUT2D eigenvalue weighted by molar-refractivity contribution is -0.141. The summed E-state index contributed by atoms with van der Waals surface area (Å²) in [6.07, 6.45) is 7.67. The molecule has 1 aliphatic carbocycles. The van der Waals surface area contributed by atoms with Crippen LogP contribution in [-0.2, 0) is 9.59 Å². The Kier molecular flexibility index (Phi) is 7.53. The Labute approximate surface area is 255 Å². The van der Waals surface area contributed by atoms with Crippen molar-refractivity contribution in [1.82, 2.24) is 29.7 Å². The number of nitrogens with two attached hydrogens (primary N) is 2. The van der Waals surface area contributed by atoms with Gasteiger partial charge in [-0.2, -0.15) is 0 Å². The summed E-state index contributed by atoms with van der Waals surface area (Å²) >= 11 is 0. The second-order valence-corrected chi connectivity index (χ2v) is 12.2. The number of aromatic amines is 2. The van der Waals surface area contributed by atoms with E-state index in [1.165, 1.54) is 0 Å². The predicted octanol–water partition coefficient (Wildman–Crippen LogP) is 3.48. The van der Waals surface area contributed by atoms with Crippen LogP contribution in [0.5, 0.6) is 0 Å². The van der Waals surface area contributed by atoms with Crippen molar-refractivity contribution < 1.29 is 14.7 Å². The molecule has 2 aliphatic heterocycles. The molecule has 2 amide bonds. The lowest BCUT2D eigenvalue weighted by Crippen LogP contribution is -2.44. The summed E-state index contributed by atoms with van der Waals surface area (Å²) in [6.45, 7) is 1.29. The van der Waals surface area contributed by atoms with Crippen LogP contribution in [0, 0.1) is 5.92 Å². The minimum atomic E-state index is -1.51. The number of likely N-dealkylation sites (tertiary alicyclic amines) is 2. The molecule has 3 fully saturated rings. The van der Waals surface area contributed by atoms with Crippen molar-refractivity contribution in [2.24, 2.45) is 17.4 Å². The Morgan fingerprint density at radius 1 is 0.705 bits per heavy atom. The number of imidazole rings is 2. The number of nitrogens with zero attached hydrogens (tertiary/aromatic N) is 4. The quantitative estimate of drug-likeness (QED) is 0.194. The van der Waals surface area contributed by atoms with Crippen molar-refractivity contribution in [1.29, 1.82) is 0 Å². The topological polar surface area (TPSA) is 170 Å². The number of benzene rings is 2. The Morgan fingerprint density at radius 2 is 1.14 bits per heavy atom. The number of hydrogen-bond donors (Lipinski definition) is 5. The summed E-state index contributed by atoms with van der Waals surface area (Å²) in [7, 11) is 0. The minimum Gasteiger partial charge on any atom is -0.370 e. The number of carbonyl (C=O) groups excluding carboxylic acids is 2. The number of H-pyrrole nitrogens is 2. The van der Waals surface area contributed by atoms with Gasteiger partial charge < -0.3 is 30.6 Å². The van der Waals surface area contributed by atoms with Crippen LogP contribution in [0.15, 0.2) is 60.9 Å². The van der Waals surface area contributed by atoms with Gasteiger partial charge in [0.25, 0.3) is 5.91 Å². The molecule has 228 valence electrons. The first-order chi connectivity index (χ1) is 21.4. The van der Waals surface area contributed by atoms with Gasteiger partial charge in [0.05, 0.1) is 41.9 Å². The maximum absolute atomic E-state index is 13.0. The zero-order chi connectivity index (χ0) is 30.4. The summed E-state index contributed by atoms with van der Waals surface area (Å²) in [5.41, 5.74) is 17.6. The maximum Gasteiger partial charge on any atom is 0.266 e. The number of amides is 2. The summed E-state index contributed by atoms with van der Waals surface area (Å²) in [6, 6.07) is 15.9. The molecule has 0 radical (unpaired) electrons. The summed E-state index contributed by atoms with van der Waals surface area (Å²) in [4.78, 5) is 44.8. The molecule has 2 saturated heterocycles. The fourth-order valence-electron chi connectivity index (χ4n) is 6.64. The highest BCUT2D eigenvalue weighted by Crippen LogP contribution is 2.37. The van der Waals surface area contributed by atoms with E-state index in [2.05, 4.69) is 56.3 Å². The van der Waals surface area contributed by atoms with E-state index in [-0.39, 0.29) is 18.0 Å². The first kappa shape index (κ1) is 28.5. The van der Waals surface area contributed by atoms with Crippen LogP contribution in [0.2, 0.25) is 0 Å². The number of carbonyl (C=O) groups is 2. The molecule has 7 N–H and O–H groups in total. The SMILES string of the molecule is N[C@H](C(=O)N1CCC[C@H]1c1ncc(-c2ccc(-c3ccc(-c4cnc([C@@H]5CCCN5C(=O)[C@@H](N)O)[nH]4)cc3)cc2)[nH]1)C1CC1. The van der Waals surface area contributed by atoms with E-state index < -0.39 is 18.2 Å². The summed E-state index contributed by atoms with van der Waals surface area (Å²) in [5.74, 6) is 1.43. The third kappa shape index (κ3) is 5.42. The second-order valence-electron chi connectivity index (χ2n) is 12.2. The fraction of sp³-hybridized carbons (Fsp3) is 0.394. The third-order valence-electron chi connectivity index (χ3n) is 9.29. The molecule has 4 atom stereocenters. The number of aliphatic hydroxyl groups excluding tert-OH is 1. The number of aromatic nitrogens is 4. The van der Waals surface area contributed by atoms with Crippen molar-refractivity contribution in [3.05, 3.63) is 72.6 Å².